The third-order valence-electron chi connectivity index (χ3n) is 2.25. The van der Waals surface area contributed by atoms with Gasteiger partial charge in [-0.05, 0) is 12.8 Å². The average molecular weight is 200 g/mol. The van der Waals surface area contributed by atoms with Gasteiger partial charge >= 0.3 is 5.97 Å². The Morgan fingerprint density at radius 3 is 2.50 bits per heavy atom. The van der Waals surface area contributed by atoms with Gasteiger partial charge in [0, 0.05) is 12.3 Å². The van der Waals surface area contributed by atoms with Crippen LogP contribution in [0.25, 0.3) is 0 Å². The number of unbranched alkanes of at least 4 members (excludes halogenated alkanes) is 3. The van der Waals surface area contributed by atoms with Gasteiger partial charge in [-0.1, -0.05) is 26.2 Å². The molecule has 3 heteroatoms. The minimum Gasteiger partial charge on any atom is -0.469 e. The van der Waals surface area contributed by atoms with Crippen LogP contribution in [0.1, 0.15) is 45.4 Å². The molecule has 0 aromatic carbocycles. The topological polar surface area (TPSA) is 43.4 Å². The highest BCUT2D eigenvalue weighted by Crippen LogP contribution is 2.09. The van der Waals surface area contributed by atoms with Crippen LogP contribution in [0, 0.1) is 5.92 Å². The number of ether oxygens (including phenoxy) is 1. The zero-order chi connectivity index (χ0) is 10.8. The summed E-state index contributed by atoms with van der Waals surface area (Å²) in [6, 6.07) is 0. The summed E-state index contributed by atoms with van der Waals surface area (Å²) in [5, 5.41) is 0. The van der Waals surface area contributed by atoms with E-state index < -0.39 is 0 Å². The summed E-state index contributed by atoms with van der Waals surface area (Å²) in [6.07, 6.45) is 6.56. The number of rotatable bonds is 8. The minimum absolute atomic E-state index is 0.133. The smallest absolute Gasteiger partial charge is 0.305 e. The first-order chi connectivity index (χ1) is 6.70. The molecular weight excluding hydrogens is 180 g/mol. The molecule has 0 aliphatic heterocycles. The van der Waals surface area contributed by atoms with E-state index >= 15 is 0 Å². The van der Waals surface area contributed by atoms with Crippen LogP contribution in [-0.2, 0) is 14.3 Å². The van der Waals surface area contributed by atoms with Crippen LogP contribution >= 0.6 is 0 Å². The molecule has 14 heavy (non-hydrogen) atoms. The molecule has 0 amide bonds. The minimum atomic E-state index is -0.133. The Balaban J connectivity index is 3.14. The third kappa shape index (κ3) is 7.77. The van der Waals surface area contributed by atoms with Crippen LogP contribution in [-0.4, -0.2) is 19.4 Å². The lowest BCUT2D eigenvalue weighted by atomic mass is 10.0. The van der Waals surface area contributed by atoms with Crippen molar-refractivity contribution >= 4 is 12.3 Å². The third-order valence-corrected chi connectivity index (χ3v) is 2.25. The fraction of sp³-hybridized carbons (Fsp3) is 0.818. The van der Waals surface area contributed by atoms with Gasteiger partial charge in [-0.15, -0.1) is 0 Å². The molecule has 0 saturated carbocycles. The van der Waals surface area contributed by atoms with E-state index in [9.17, 15) is 9.59 Å². The number of hydrogen-bond donors (Lipinski definition) is 0. The van der Waals surface area contributed by atoms with Crippen molar-refractivity contribution in [2.24, 2.45) is 5.92 Å². The molecule has 3 nitrogen and oxygen atoms in total. The predicted octanol–water partition coefficient (Wildman–Crippen LogP) is 2.33. The van der Waals surface area contributed by atoms with Crippen molar-refractivity contribution in [1.29, 1.82) is 0 Å². The highest BCUT2D eigenvalue weighted by molar-refractivity contribution is 5.68. The van der Waals surface area contributed by atoms with Crippen LogP contribution in [0.3, 0.4) is 0 Å². The lowest BCUT2D eigenvalue weighted by Gasteiger charge is -2.02. The highest BCUT2D eigenvalue weighted by Gasteiger charge is 2.01. The number of methoxy groups -OCH3 is 1. The molecule has 0 aliphatic carbocycles. The Morgan fingerprint density at radius 1 is 1.29 bits per heavy atom. The second kappa shape index (κ2) is 8.73. The molecule has 1 unspecified atom stereocenters. The van der Waals surface area contributed by atoms with Gasteiger partial charge in [-0.3, -0.25) is 4.79 Å². The van der Waals surface area contributed by atoms with E-state index in [0.29, 0.717) is 6.42 Å². The summed E-state index contributed by atoms with van der Waals surface area (Å²) in [6.45, 7) is 1.93. The molecular formula is C11H20O3. The van der Waals surface area contributed by atoms with Gasteiger partial charge in [0.1, 0.15) is 6.29 Å². The van der Waals surface area contributed by atoms with Crippen LogP contribution in [0.4, 0.5) is 0 Å². The molecule has 0 rings (SSSR count). The Bertz CT molecular complexity index is 166. The Hall–Kier alpha value is -0.860. The highest BCUT2D eigenvalue weighted by atomic mass is 16.5. The Kier molecular flexibility index (Phi) is 8.19. The first-order valence-electron chi connectivity index (χ1n) is 5.22. The summed E-state index contributed by atoms with van der Waals surface area (Å²) in [5.41, 5.74) is 0. The molecule has 0 aromatic heterocycles. The maximum absolute atomic E-state index is 10.7. The van der Waals surface area contributed by atoms with Crippen molar-refractivity contribution in [3.8, 4) is 0 Å². The van der Waals surface area contributed by atoms with Gasteiger partial charge in [0.25, 0.3) is 0 Å². The van der Waals surface area contributed by atoms with Crippen LogP contribution in [0.2, 0.25) is 0 Å². The number of aldehydes is 1. The summed E-state index contributed by atoms with van der Waals surface area (Å²) < 4.78 is 4.53. The van der Waals surface area contributed by atoms with Crippen molar-refractivity contribution in [2.75, 3.05) is 7.11 Å². The van der Waals surface area contributed by atoms with Gasteiger partial charge < -0.3 is 9.53 Å². The van der Waals surface area contributed by atoms with Crippen LogP contribution in [0.15, 0.2) is 0 Å². The van der Waals surface area contributed by atoms with Crippen molar-refractivity contribution in [2.45, 2.75) is 45.4 Å². The summed E-state index contributed by atoms with van der Waals surface area (Å²) in [7, 11) is 1.41. The van der Waals surface area contributed by atoms with Crippen molar-refractivity contribution in [3.63, 3.8) is 0 Å². The molecule has 0 bridgehead atoms. The first-order valence-corrected chi connectivity index (χ1v) is 5.22. The van der Waals surface area contributed by atoms with E-state index in [1.807, 2.05) is 6.92 Å². The van der Waals surface area contributed by atoms with E-state index in [1.165, 1.54) is 7.11 Å². The monoisotopic (exact) mass is 200 g/mol. The Labute approximate surface area is 85.8 Å². The molecule has 0 saturated heterocycles. The second-order valence-electron chi connectivity index (χ2n) is 3.64. The number of hydrogen-bond acceptors (Lipinski definition) is 3. The summed E-state index contributed by atoms with van der Waals surface area (Å²) in [4.78, 5) is 21.0. The van der Waals surface area contributed by atoms with E-state index in [-0.39, 0.29) is 11.9 Å². The quantitative estimate of drug-likeness (QED) is 0.343. The predicted molar refractivity (Wildman–Crippen MR) is 54.9 cm³/mol. The second-order valence-corrected chi connectivity index (χ2v) is 3.64. The lowest BCUT2D eigenvalue weighted by molar-refractivity contribution is -0.140. The molecule has 0 aromatic rings. The molecule has 1 atom stereocenters. The fourth-order valence-electron chi connectivity index (χ4n) is 1.26. The van der Waals surface area contributed by atoms with Crippen LogP contribution < -0.4 is 0 Å². The average Bonchev–Trinajstić information content (AvgIpc) is 2.22. The number of carbonyl (C=O) groups excluding carboxylic acids is 2. The molecule has 82 valence electrons. The van der Waals surface area contributed by atoms with Gasteiger partial charge in [0.05, 0.1) is 7.11 Å². The van der Waals surface area contributed by atoms with Crippen molar-refractivity contribution in [1.82, 2.24) is 0 Å². The standard InChI is InChI=1S/C11H20O3/c1-10(9-12)7-5-3-4-6-8-11(13)14-2/h9-10H,3-8H2,1-2H3. The fourth-order valence-corrected chi connectivity index (χ4v) is 1.26. The maximum Gasteiger partial charge on any atom is 0.305 e. The van der Waals surface area contributed by atoms with Gasteiger partial charge in [0.15, 0.2) is 0 Å². The zero-order valence-electron chi connectivity index (χ0n) is 9.12. The van der Waals surface area contributed by atoms with E-state index in [2.05, 4.69) is 4.74 Å². The summed E-state index contributed by atoms with van der Waals surface area (Å²) >= 11 is 0. The largest absolute Gasteiger partial charge is 0.469 e. The Morgan fingerprint density at radius 2 is 1.93 bits per heavy atom. The molecule has 0 heterocycles. The van der Waals surface area contributed by atoms with Gasteiger partial charge in [-0.2, -0.15) is 0 Å². The SMILES string of the molecule is COC(=O)CCCCCCC(C)C=O. The van der Waals surface area contributed by atoms with E-state index in [1.54, 1.807) is 0 Å². The van der Waals surface area contributed by atoms with Crippen molar-refractivity contribution < 1.29 is 14.3 Å². The maximum atomic E-state index is 10.7. The molecule has 0 N–H and O–H groups in total. The summed E-state index contributed by atoms with van der Waals surface area (Å²) in [5.74, 6) is 0.0434. The zero-order valence-corrected chi connectivity index (χ0v) is 9.12. The van der Waals surface area contributed by atoms with Crippen LogP contribution in [0.5, 0.6) is 0 Å². The van der Waals surface area contributed by atoms with Gasteiger partial charge in [0.2, 0.25) is 0 Å². The van der Waals surface area contributed by atoms with Gasteiger partial charge in [-0.25, -0.2) is 0 Å². The van der Waals surface area contributed by atoms with E-state index in [0.717, 1.165) is 38.4 Å². The molecule has 0 spiro atoms. The first kappa shape index (κ1) is 13.1. The normalized spacial score (nSPS) is 12.1. The molecule has 0 aliphatic rings. The van der Waals surface area contributed by atoms with E-state index in [4.69, 9.17) is 0 Å². The number of carbonyl (C=O) groups is 2. The van der Waals surface area contributed by atoms with Crippen molar-refractivity contribution in [3.05, 3.63) is 0 Å². The molecule has 0 fully saturated rings. The number of esters is 1. The lowest BCUT2D eigenvalue weighted by Crippen LogP contribution is -1.99. The molecule has 0 radical (unpaired) electrons.